The molecule has 1 aliphatic rings. The van der Waals surface area contributed by atoms with Gasteiger partial charge in [0.2, 0.25) is 0 Å². The van der Waals surface area contributed by atoms with Crippen molar-refractivity contribution in [2.75, 3.05) is 20.2 Å². The van der Waals surface area contributed by atoms with E-state index in [-0.39, 0.29) is 4.87 Å². The largest absolute Gasteiger partial charge is 0.380 e. The Morgan fingerprint density at radius 1 is 1.55 bits per heavy atom. The Balaban J connectivity index is 2.42. The van der Waals surface area contributed by atoms with Gasteiger partial charge in [-0.2, -0.15) is 12.6 Å². The smallest absolute Gasteiger partial charge is 0.0710 e. The quantitative estimate of drug-likeness (QED) is 0.636. The second kappa shape index (κ2) is 3.33. The zero-order chi connectivity index (χ0) is 8.48. The minimum absolute atomic E-state index is 0.00722. The zero-order valence-corrected chi connectivity index (χ0v) is 8.40. The van der Waals surface area contributed by atoms with Crippen molar-refractivity contribution in [1.82, 2.24) is 4.90 Å². The van der Waals surface area contributed by atoms with E-state index in [0.717, 1.165) is 19.5 Å². The average molecular weight is 175 g/mol. The first kappa shape index (κ1) is 9.36. The number of methoxy groups -OCH3 is 1. The Bertz CT molecular complexity index is 133. The van der Waals surface area contributed by atoms with Crippen LogP contribution >= 0.6 is 12.6 Å². The lowest BCUT2D eigenvalue weighted by atomic mass is 10.3. The van der Waals surface area contributed by atoms with Crippen LogP contribution in [0.1, 0.15) is 20.3 Å². The van der Waals surface area contributed by atoms with Crippen molar-refractivity contribution in [3.63, 3.8) is 0 Å². The van der Waals surface area contributed by atoms with Crippen molar-refractivity contribution in [3.8, 4) is 0 Å². The first-order chi connectivity index (χ1) is 5.04. The van der Waals surface area contributed by atoms with Crippen LogP contribution in [0.15, 0.2) is 0 Å². The third-order valence-corrected chi connectivity index (χ3v) is 2.54. The Hall–Kier alpha value is 0.270. The highest BCUT2D eigenvalue weighted by Gasteiger charge is 2.30. The van der Waals surface area contributed by atoms with Crippen LogP contribution in [0.25, 0.3) is 0 Å². The van der Waals surface area contributed by atoms with E-state index in [4.69, 9.17) is 4.74 Å². The summed E-state index contributed by atoms with van der Waals surface area (Å²) >= 11 is 4.50. The number of nitrogens with zero attached hydrogens (tertiary/aromatic N) is 1. The summed E-state index contributed by atoms with van der Waals surface area (Å²) in [7, 11) is 1.78. The second-order valence-corrected chi connectivity index (χ2v) is 4.68. The minimum atomic E-state index is 0.00722. The molecule has 0 saturated carbocycles. The van der Waals surface area contributed by atoms with Gasteiger partial charge in [0.25, 0.3) is 0 Å². The standard InChI is InChI=1S/C8H17NOS/c1-8(2,11)9-5-4-7(6-9)10-3/h7,11H,4-6H2,1-3H3. The number of ether oxygens (including phenoxy) is 1. The molecule has 1 aliphatic heterocycles. The highest BCUT2D eigenvalue weighted by molar-refractivity contribution is 7.81. The van der Waals surface area contributed by atoms with Crippen LogP contribution < -0.4 is 0 Å². The van der Waals surface area contributed by atoms with Crippen LogP contribution in [0.3, 0.4) is 0 Å². The Morgan fingerprint density at radius 2 is 2.18 bits per heavy atom. The van der Waals surface area contributed by atoms with Crippen LogP contribution in [0.4, 0.5) is 0 Å². The van der Waals surface area contributed by atoms with Gasteiger partial charge in [-0.1, -0.05) is 0 Å². The van der Waals surface area contributed by atoms with Gasteiger partial charge in [0, 0.05) is 20.2 Å². The van der Waals surface area contributed by atoms with Gasteiger partial charge in [0.15, 0.2) is 0 Å². The van der Waals surface area contributed by atoms with E-state index in [1.54, 1.807) is 7.11 Å². The molecule has 0 N–H and O–H groups in total. The summed E-state index contributed by atoms with van der Waals surface area (Å²) < 4.78 is 5.26. The van der Waals surface area contributed by atoms with E-state index in [1.807, 2.05) is 0 Å². The molecule has 0 aliphatic carbocycles. The predicted molar refractivity (Wildman–Crippen MR) is 50.1 cm³/mol. The molecule has 0 spiro atoms. The van der Waals surface area contributed by atoms with Crippen LogP contribution in [-0.2, 0) is 4.74 Å². The van der Waals surface area contributed by atoms with E-state index in [0.29, 0.717) is 6.10 Å². The molecule has 1 unspecified atom stereocenters. The minimum Gasteiger partial charge on any atom is -0.380 e. The molecule has 1 fully saturated rings. The lowest BCUT2D eigenvalue weighted by Crippen LogP contribution is -2.38. The molecule has 0 amide bonds. The summed E-state index contributed by atoms with van der Waals surface area (Å²) in [6.07, 6.45) is 1.56. The molecule has 1 heterocycles. The molecule has 2 nitrogen and oxygen atoms in total. The van der Waals surface area contributed by atoms with E-state index < -0.39 is 0 Å². The zero-order valence-electron chi connectivity index (χ0n) is 7.50. The second-order valence-electron chi connectivity index (χ2n) is 3.59. The maximum atomic E-state index is 5.26. The number of hydrogen-bond acceptors (Lipinski definition) is 3. The van der Waals surface area contributed by atoms with Crippen molar-refractivity contribution in [2.24, 2.45) is 0 Å². The molecule has 0 radical (unpaired) electrons. The summed E-state index contributed by atoms with van der Waals surface area (Å²) in [4.78, 5) is 2.34. The fourth-order valence-corrected chi connectivity index (χ4v) is 1.60. The van der Waals surface area contributed by atoms with Crippen LogP contribution in [0.2, 0.25) is 0 Å². The molecule has 0 aromatic heterocycles. The van der Waals surface area contributed by atoms with Gasteiger partial charge in [-0.25, -0.2) is 0 Å². The molecule has 11 heavy (non-hydrogen) atoms. The fraction of sp³-hybridized carbons (Fsp3) is 1.00. The maximum Gasteiger partial charge on any atom is 0.0710 e. The predicted octanol–water partition coefficient (Wildman–Crippen LogP) is 1.37. The topological polar surface area (TPSA) is 12.5 Å². The maximum absolute atomic E-state index is 5.26. The van der Waals surface area contributed by atoms with E-state index >= 15 is 0 Å². The third-order valence-electron chi connectivity index (χ3n) is 2.25. The van der Waals surface area contributed by atoms with Gasteiger partial charge in [-0.3, -0.25) is 4.90 Å². The SMILES string of the molecule is COC1CCN(C(C)(C)S)C1. The lowest BCUT2D eigenvalue weighted by Gasteiger charge is -2.30. The molecule has 66 valence electrons. The van der Waals surface area contributed by atoms with Gasteiger partial charge in [0.1, 0.15) is 0 Å². The molecule has 1 rings (SSSR count). The van der Waals surface area contributed by atoms with Gasteiger partial charge >= 0.3 is 0 Å². The van der Waals surface area contributed by atoms with Crippen LogP contribution in [0.5, 0.6) is 0 Å². The fourth-order valence-electron chi connectivity index (χ4n) is 1.42. The summed E-state index contributed by atoms with van der Waals surface area (Å²) in [5.41, 5.74) is 0. The molecule has 0 aromatic carbocycles. The van der Waals surface area contributed by atoms with Crippen LogP contribution in [0, 0.1) is 0 Å². The first-order valence-corrected chi connectivity index (χ1v) is 4.49. The Labute approximate surface area is 74.3 Å². The molecule has 0 aromatic rings. The Morgan fingerprint density at radius 3 is 2.45 bits per heavy atom. The number of rotatable bonds is 2. The molecule has 0 bridgehead atoms. The van der Waals surface area contributed by atoms with Gasteiger partial charge in [-0.05, 0) is 20.3 Å². The van der Waals surface area contributed by atoms with Crippen molar-refractivity contribution in [3.05, 3.63) is 0 Å². The normalized spacial score (nSPS) is 27.8. The summed E-state index contributed by atoms with van der Waals surface area (Å²) in [5.74, 6) is 0. The number of likely N-dealkylation sites (tertiary alicyclic amines) is 1. The van der Waals surface area contributed by atoms with E-state index in [2.05, 4.69) is 31.4 Å². The summed E-state index contributed by atoms with van der Waals surface area (Å²) in [6.45, 7) is 6.37. The van der Waals surface area contributed by atoms with Gasteiger partial charge in [-0.15, -0.1) is 0 Å². The van der Waals surface area contributed by atoms with Gasteiger partial charge < -0.3 is 4.74 Å². The molecule has 1 saturated heterocycles. The van der Waals surface area contributed by atoms with Crippen molar-refractivity contribution >= 4 is 12.6 Å². The van der Waals surface area contributed by atoms with Gasteiger partial charge in [0.05, 0.1) is 11.0 Å². The third kappa shape index (κ3) is 2.36. The highest BCUT2D eigenvalue weighted by atomic mass is 32.1. The summed E-state index contributed by atoms with van der Waals surface area (Å²) in [5, 5.41) is 0. The average Bonchev–Trinajstić information content (AvgIpc) is 2.32. The van der Waals surface area contributed by atoms with Crippen molar-refractivity contribution < 1.29 is 4.74 Å². The molecule has 1 atom stereocenters. The van der Waals surface area contributed by atoms with E-state index in [1.165, 1.54) is 0 Å². The molecular weight excluding hydrogens is 158 g/mol. The Kier molecular flexibility index (Phi) is 2.84. The van der Waals surface area contributed by atoms with E-state index in [9.17, 15) is 0 Å². The highest BCUT2D eigenvalue weighted by Crippen LogP contribution is 2.24. The number of hydrogen-bond donors (Lipinski definition) is 1. The summed E-state index contributed by atoms with van der Waals surface area (Å²) in [6, 6.07) is 0. The lowest BCUT2D eigenvalue weighted by molar-refractivity contribution is 0.101. The van der Waals surface area contributed by atoms with Crippen molar-refractivity contribution in [1.29, 1.82) is 0 Å². The number of thiol groups is 1. The first-order valence-electron chi connectivity index (χ1n) is 4.04. The van der Waals surface area contributed by atoms with Crippen molar-refractivity contribution in [2.45, 2.75) is 31.2 Å². The molecule has 3 heteroatoms. The monoisotopic (exact) mass is 175 g/mol. The molecular formula is C8H17NOS. The van der Waals surface area contributed by atoms with Crippen LogP contribution in [-0.4, -0.2) is 36.1 Å².